The molecule has 98 valence electrons. The fourth-order valence-corrected chi connectivity index (χ4v) is 3.47. The molecular weight excluding hydrogens is 272 g/mol. The van der Waals surface area contributed by atoms with Crippen molar-refractivity contribution in [2.45, 2.75) is 38.5 Å². The summed E-state index contributed by atoms with van der Waals surface area (Å²) in [6.45, 7) is 0. The first-order valence-electron chi connectivity index (χ1n) is 6.23. The zero-order valence-electron chi connectivity index (χ0n) is 10.0. The average Bonchev–Trinajstić information content (AvgIpc) is 2.28. The summed E-state index contributed by atoms with van der Waals surface area (Å²) >= 11 is 17.4. The Labute approximate surface area is 123 Å². The first-order valence-corrected chi connectivity index (χ1v) is 8.76. The molecule has 0 heterocycles. The van der Waals surface area contributed by atoms with Crippen LogP contribution in [0.2, 0.25) is 0 Å². The van der Waals surface area contributed by atoms with Gasteiger partial charge in [0.15, 0.2) is 0 Å². The van der Waals surface area contributed by atoms with Gasteiger partial charge in [-0.2, -0.15) is 50.5 Å². The predicted octanol–water partition coefficient (Wildman–Crippen LogP) is 4.28. The molecule has 16 heavy (non-hydrogen) atoms. The van der Waals surface area contributed by atoms with Crippen molar-refractivity contribution in [1.29, 1.82) is 0 Å². The van der Waals surface area contributed by atoms with Gasteiger partial charge in [-0.15, -0.1) is 0 Å². The molecule has 0 bridgehead atoms. The fourth-order valence-electron chi connectivity index (χ4n) is 2.25. The Balaban J connectivity index is 4.08. The number of thiol groups is 4. The molecule has 0 aromatic carbocycles. The summed E-state index contributed by atoms with van der Waals surface area (Å²) < 4.78 is 0. The van der Waals surface area contributed by atoms with Gasteiger partial charge in [0.05, 0.1) is 0 Å². The summed E-state index contributed by atoms with van der Waals surface area (Å²) in [4.78, 5) is 0. The van der Waals surface area contributed by atoms with E-state index in [2.05, 4.69) is 50.5 Å². The summed E-state index contributed by atoms with van der Waals surface area (Å²) in [7, 11) is 0. The van der Waals surface area contributed by atoms with E-state index in [-0.39, 0.29) is 0 Å². The second-order valence-electron chi connectivity index (χ2n) is 4.28. The van der Waals surface area contributed by atoms with Crippen molar-refractivity contribution in [2.24, 2.45) is 11.8 Å². The molecule has 0 rings (SSSR count). The maximum atomic E-state index is 4.38. The van der Waals surface area contributed by atoms with Crippen LogP contribution in [0, 0.1) is 11.8 Å². The summed E-state index contributed by atoms with van der Waals surface area (Å²) in [5.74, 6) is 5.61. The average molecular weight is 299 g/mol. The van der Waals surface area contributed by atoms with Crippen molar-refractivity contribution in [3.05, 3.63) is 0 Å². The minimum absolute atomic E-state index is 0.794. The third-order valence-electron chi connectivity index (χ3n) is 3.15. The third-order valence-corrected chi connectivity index (χ3v) is 4.24. The van der Waals surface area contributed by atoms with E-state index < -0.39 is 0 Å². The predicted molar refractivity (Wildman–Crippen MR) is 90.1 cm³/mol. The minimum atomic E-state index is 0.794. The number of hydrogen-bond acceptors (Lipinski definition) is 4. The van der Waals surface area contributed by atoms with Crippen molar-refractivity contribution < 1.29 is 0 Å². The molecule has 0 N–H and O–H groups in total. The molecule has 0 aliphatic heterocycles. The lowest BCUT2D eigenvalue weighted by Gasteiger charge is -2.26. The third kappa shape index (κ3) is 8.48. The number of hydrogen-bond donors (Lipinski definition) is 4. The Morgan fingerprint density at radius 3 is 1.31 bits per heavy atom. The van der Waals surface area contributed by atoms with Gasteiger partial charge >= 0.3 is 0 Å². The SMILES string of the molecule is SCCCCC(CCS)C(CCS)CCS. The Morgan fingerprint density at radius 1 is 0.500 bits per heavy atom. The van der Waals surface area contributed by atoms with Crippen molar-refractivity contribution in [2.75, 3.05) is 23.0 Å². The second kappa shape index (κ2) is 12.8. The lowest BCUT2D eigenvalue weighted by atomic mass is 9.82. The van der Waals surface area contributed by atoms with Crippen LogP contribution in [0.3, 0.4) is 0 Å². The highest BCUT2D eigenvalue weighted by Gasteiger charge is 2.19. The fraction of sp³-hybridized carbons (Fsp3) is 1.00. The lowest BCUT2D eigenvalue weighted by Crippen LogP contribution is -2.17. The van der Waals surface area contributed by atoms with Gasteiger partial charge in [0.2, 0.25) is 0 Å². The van der Waals surface area contributed by atoms with Gasteiger partial charge in [0, 0.05) is 0 Å². The van der Waals surface area contributed by atoms with Gasteiger partial charge in [0.25, 0.3) is 0 Å². The molecule has 1 unspecified atom stereocenters. The van der Waals surface area contributed by atoms with Crippen molar-refractivity contribution in [3.63, 3.8) is 0 Å². The van der Waals surface area contributed by atoms with E-state index in [1.54, 1.807) is 0 Å². The summed E-state index contributed by atoms with van der Waals surface area (Å²) in [6.07, 6.45) is 7.56. The summed E-state index contributed by atoms with van der Waals surface area (Å²) in [5, 5.41) is 0. The van der Waals surface area contributed by atoms with Crippen LogP contribution in [0.5, 0.6) is 0 Å². The Morgan fingerprint density at radius 2 is 0.938 bits per heavy atom. The zero-order chi connectivity index (χ0) is 12.2. The Bertz CT molecular complexity index is 135. The molecule has 0 saturated carbocycles. The molecule has 0 amide bonds. The highest BCUT2D eigenvalue weighted by molar-refractivity contribution is 7.80. The summed E-state index contributed by atoms with van der Waals surface area (Å²) in [6, 6.07) is 0. The van der Waals surface area contributed by atoms with Gasteiger partial charge in [-0.25, -0.2) is 0 Å². The molecular formula is C12H26S4. The topological polar surface area (TPSA) is 0 Å². The quantitative estimate of drug-likeness (QED) is 0.318. The molecule has 0 aromatic rings. The molecule has 0 aliphatic carbocycles. The molecule has 0 fully saturated rings. The minimum Gasteiger partial charge on any atom is -0.179 e. The maximum Gasteiger partial charge on any atom is -0.00952 e. The van der Waals surface area contributed by atoms with Crippen LogP contribution in [0.25, 0.3) is 0 Å². The monoisotopic (exact) mass is 298 g/mol. The van der Waals surface area contributed by atoms with E-state index in [1.807, 2.05) is 0 Å². The van der Waals surface area contributed by atoms with E-state index in [4.69, 9.17) is 0 Å². The van der Waals surface area contributed by atoms with Gasteiger partial charge in [-0.05, 0) is 60.5 Å². The largest absolute Gasteiger partial charge is 0.179 e. The lowest BCUT2D eigenvalue weighted by molar-refractivity contribution is 0.286. The smallest absolute Gasteiger partial charge is 0.00952 e. The molecule has 0 nitrogen and oxygen atoms in total. The van der Waals surface area contributed by atoms with Crippen LogP contribution in [-0.2, 0) is 0 Å². The number of unbranched alkanes of at least 4 members (excludes halogenated alkanes) is 1. The molecule has 0 saturated heterocycles. The van der Waals surface area contributed by atoms with E-state index in [1.165, 1.54) is 38.5 Å². The zero-order valence-corrected chi connectivity index (χ0v) is 13.6. The number of rotatable bonds is 11. The van der Waals surface area contributed by atoms with Crippen LogP contribution in [0.1, 0.15) is 38.5 Å². The van der Waals surface area contributed by atoms with Gasteiger partial charge < -0.3 is 0 Å². The van der Waals surface area contributed by atoms with E-state index >= 15 is 0 Å². The van der Waals surface area contributed by atoms with Crippen molar-refractivity contribution in [1.82, 2.24) is 0 Å². The highest BCUT2D eigenvalue weighted by atomic mass is 32.1. The summed E-state index contributed by atoms with van der Waals surface area (Å²) in [5.41, 5.74) is 0. The van der Waals surface area contributed by atoms with Crippen LogP contribution < -0.4 is 0 Å². The molecule has 1 atom stereocenters. The first-order chi connectivity index (χ1) is 7.79. The second-order valence-corrected chi connectivity index (χ2v) is 6.07. The van der Waals surface area contributed by atoms with Gasteiger partial charge in [-0.3, -0.25) is 0 Å². The molecule has 0 aliphatic rings. The van der Waals surface area contributed by atoms with Crippen LogP contribution in [0.15, 0.2) is 0 Å². The standard InChI is InChI=1S/C12H26S4/c13-7-2-1-3-11(4-8-14)12(5-9-15)6-10-16/h11-16H,1-10H2. The van der Waals surface area contributed by atoms with Crippen molar-refractivity contribution in [3.8, 4) is 0 Å². The van der Waals surface area contributed by atoms with E-state index in [0.717, 1.165) is 34.8 Å². The Hall–Kier alpha value is 1.40. The maximum absolute atomic E-state index is 4.38. The first kappa shape index (κ1) is 17.4. The van der Waals surface area contributed by atoms with Gasteiger partial charge in [-0.1, -0.05) is 12.8 Å². The van der Waals surface area contributed by atoms with Crippen LogP contribution in [-0.4, -0.2) is 23.0 Å². The van der Waals surface area contributed by atoms with Crippen molar-refractivity contribution >= 4 is 50.5 Å². The molecule has 4 heteroatoms. The normalized spacial score (nSPS) is 13.3. The van der Waals surface area contributed by atoms with E-state index in [9.17, 15) is 0 Å². The highest BCUT2D eigenvalue weighted by Crippen LogP contribution is 2.29. The molecule has 0 radical (unpaired) electrons. The Kier molecular flexibility index (Phi) is 14.0. The molecule has 0 spiro atoms. The van der Waals surface area contributed by atoms with E-state index in [0.29, 0.717) is 0 Å². The van der Waals surface area contributed by atoms with Gasteiger partial charge in [0.1, 0.15) is 0 Å². The molecule has 0 aromatic heterocycles. The van der Waals surface area contributed by atoms with Crippen LogP contribution >= 0.6 is 50.5 Å². The van der Waals surface area contributed by atoms with Crippen LogP contribution in [0.4, 0.5) is 0 Å².